The molecule has 4 N–H and O–H groups in total. The SMILES string of the molecule is Cc1cc(N2CCN(CCS(C)(=O)=O)CC2)cc2[nH]c(-c3c(NC[C@@H](O)c4cccc(Cl)c4)cc[nH]c3=O)nc12. The Morgan fingerprint density at radius 1 is 1.15 bits per heavy atom. The molecule has 12 heteroatoms. The van der Waals surface area contributed by atoms with Crippen molar-refractivity contribution in [1.29, 1.82) is 0 Å². The number of aliphatic hydroxyl groups excluding tert-OH is 1. The number of halogens is 1. The number of benzene rings is 2. The minimum absolute atomic E-state index is 0.171. The van der Waals surface area contributed by atoms with Crippen molar-refractivity contribution in [3.8, 4) is 11.4 Å². The number of piperazine rings is 1. The maximum absolute atomic E-state index is 12.9. The van der Waals surface area contributed by atoms with Crippen LogP contribution in [0, 0.1) is 6.92 Å². The van der Waals surface area contributed by atoms with Gasteiger partial charge in [0.1, 0.15) is 21.2 Å². The topological polar surface area (TPSA) is 134 Å². The lowest BCUT2D eigenvalue weighted by molar-refractivity contribution is 0.191. The van der Waals surface area contributed by atoms with Crippen molar-refractivity contribution in [2.24, 2.45) is 0 Å². The summed E-state index contributed by atoms with van der Waals surface area (Å²) in [5, 5.41) is 14.4. The van der Waals surface area contributed by atoms with Crippen molar-refractivity contribution in [3.05, 3.63) is 75.2 Å². The van der Waals surface area contributed by atoms with E-state index in [1.54, 1.807) is 36.5 Å². The maximum atomic E-state index is 12.9. The molecule has 0 unspecified atom stereocenters. The molecule has 0 spiro atoms. The Balaban J connectivity index is 1.35. The molecule has 1 aliphatic rings. The standard InChI is InChI=1S/C28H33ClN6O4S/c1-18-14-21(35-10-8-34(9-11-35)12-13-40(2,38)39)16-23-26(18)33-27(32-23)25-22(6-7-30-28(25)37)31-17-24(36)19-4-3-5-20(29)15-19/h3-7,14-16,24,36H,8-13,17H2,1-2H3,(H,32,33)(H2,30,31,37)/t24-/m1/s1. The van der Waals surface area contributed by atoms with E-state index in [0.717, 1.165) is 48.5 Å². The van der Waals surface area contributed by atoms with Crippen molar-refractivity contribution in [2.75, 3.05) is 61.5 Å². The fraction of sp³-hybridized carbons (Fsp3) is 0.357. The highest BCUT2D eigenvalue weighted by atomic mass is 35.5. The van der Waals surface area contributed by atoms with Crippen LogP contribution in [-0.4, -0.2) is 84.7 Å². The number of anilines is 2. The number of nitrogens with zero attached hydrogens (tertiary/aromatic N) is 3. The van der Waals surface area contributed by atoms with Crippen molar-refractivity contribution < 1.29 is 13.5 Å². The third-order valence-corrected chi connectivity index (χ3v) is 8.35. The Morgan fingerprint density at radius 2 is 1.93 bits per heavy atom. The number of hydrogen-bond acceptors (Lipinski definition) is 8. The molecule has 0 radical (unpaired) electrons. The number of imidazole rings is 1. The van der Waals surface area contributed by atoms with E-state index >= 15 is 0 Å². The van der Waals surface area contributed by atoms with Crippen LogP contribution in [0.4, 0.5) is 11.4 Å². The lowest BCUT2D eigenvalue weighted by atomic mass is 10.1. The van der Waals surface area contributed by atoms with Gasteiger partial charge in [0.25, 0.3) is 5.56 Å². The molecule has 5 rings (SSSR count). The fourth-order valence-electron chi connectivity index (χ4n) is 5.00. The van der Waals surface area contributed by atoms with Gasteiger partial charge in [-0.3, -0.25) is 9.69 Å². The van der Waals surface area contributed by atoms with Gasteiger partial charge < -0.3 is 25.3 Å². The van der Waals surface area contributed by atoms with Crippen LogP contribution in [0.25, 0.3) is 22.4 Å². The minimum Gasteiger partial charge on any atom is -0.387 e. The number of aliphatic hydroxyl groups is 1. The first kappa shape index (κ1) is 28.2. The van der Waals surface area contributed by atoms with Crippen molar-refractivity contribution >= 4 is 43.8 Å². The summed E-state index contributed by atoms with van der Waals surface area (Å²) in [4.78, 5) is 28.2. The Bertz CT molecular complexity index is 1680. The molecule has 1 saturated heterocycles. The first-order valence-electron chi connectivity index (χ1n) is 13.1. The normalized spacial score (nSPS) is 15.4. The van der Waals surface area contributed by atoms with Crippen LogP contribution in [0.15, 0.2) is 53.5 Å². The highest BCUT2D eigenvalue weighted by molar-refractivity contribution is 7.90. The number of aromatic amines is 2. The second kappa shape index (κ2) is 11.6. The van der Waals surface area contributed by atoms with Gasteiger partial charge in [-0.2, -0.15) is 0 Å². The van der Waals surface area contributed by atoms with Crippen LogP contribution in [0.1, 0.15) is 17.2 Å². The van der Waals surface area contributed by atoms with Gasteiger partial charge in [0.05, 0.1) is 28.6 Å². The van der Waals surface area contributed by atoms with Crippen molar-refractivity contribution in [2.45, 2.75) is 13.0 Å². The zero-order chi connectivity index (χ0) is 28.4. The van der Waals surface area contributed by atoms with E-state index in [0.29, 0.717) is 34.2 Å². The van der Waals surface area contributed by atoms with Gasteiger partial charge in [-0.1, -0.05) is 23.7 Å². The minimum atomic E-state index is -2.98. The third-order valence-electron chi connectivity index (χ3n) is 7.19. The predicted molar refractivity (Wildman–Crippen MR) is 160 cm³/mol. The van der Waals surface area contributed by atoms with Gasteiger partial charge in [0, 0.05) is 62.4 Å². The van der Waals surface area contributed by atoms with Gasteiger partial charge in [0.2, 0.25) is 0 Å². The van der Waals surface area contributed by atoms with Crippen LogP contribution >= 0.6 is 11.6 Å². The summed E-state index contributed by atoms with van der Waals surface area (Å²) < 4.78 is 23.0. The molecule has 2 aromatic carbocycles. The Hall–Kier alpha value is -3.38. The zero-order valence-electron chi connectivity index (χ0n) is 22.4. The molecule has 4 aromatic rings. The number of nitrogens with one attached hydrogen (secondary N) is 3. The highest BCUT2D eigenvalue weighted by Crippen LogP contribution is 2.30. The average molecular weight is 585 g/mol. The summed E-state index contributed by atoms with van der Waals surface area (Å²) in [6.07, 6.45) is 2.01. The largest absolute Gasteiger partial charge is 0.387 e. The van der Waals surface area contributed by atoms with Gasteiger partial charge in [-0.15, -0.1) is 0 Å². The molecule has 0 amide bonds. The van der Waals surface area contributed by atoms with E-state index in [4.69, 9.17) is 16.6 Å². The van der Waals surface area contributed by atoms with Crippen LogP contribution < -0.4 is 15.8 Å². The van der Waals surface area contributed by atoms with Crippen LogP contribution in [0.3, 0.4) is 0 Å². The summed E-state index contributed by atoms with van der Waals surface area (Å²) in [6.45, 7) is 5.87. The monoisotopic (exact) mass is 584 g/mol. The molecule has 1 aliphatic heterocycles. The molecule has 40 heavy (non-hydrogen) atoms. The summed E-state index contributed by atoms with van der Waals surface area (Å²) in [5.74, 6) is 0.603. The number of H-pyrrole nitrogens is 2. The average Bonchev–Trinajstić information content (AvgIpc) is 3.35. The molecule has 1 atom stereocenters. The van der Waals surface area contributed by atoms with Crippen LogP contribution in [0.5, 0.6) is 0 Å². The first-order valence-corrected chi connectivity index (χ1v) is 15.6. The van der Waals surface area contributed by atoms with E-state index < -0.39 is 15.9 Å². The Kier molecular flexibility index (Phi) is 8.18. The number of pyridine rings is 1. The third kappa shape index (κ3) is 6.49. The summed E-state index contributed by atoms with van der Waals surface area (Å²) >= 11 is 6.06. The predicted octanol–water partition coefficient (Wildman–Crippen LogP) is 3.19. The van der Waals surface area contributed by atoms with E-state index in [9.17, 15) is 18.3 Å². The lowest BCUT2D eigenvalue weighted by Gasteiger charge is -2.36. The Labute approximate surface area is 237 Å². The molecular formula is C28H33ClN6O4S. The number of hydrogen-bond donors (Lipinski definition) is 4. The molecule has 212 valence electrons. The van der Waals surface area contributed by atoms with Crippen LogP contribution in [-0.2, 0) is 9.84 Å². The van der Waals surface area contributed by atoms with Gasteiger partial charge >= 0.3 is 0 Å². The van der Waals surface area contributed by atoms with E-state index in [2.05, 4.69) is 31.2 Å². The lowest BCUT2D eigenvalue weighted by Crippen LogP contribution is -2.47. The van der Waals surface area contributed by atoms with Crippen molar-refractivity contribution in [3.63, 3.8) is 0 Å². The molecular weight excluding hydrogens is 552 g/mol. The zero-order valence-corrected chi connectivity index (χ0v) is 24.0. The molecule has 2 aromatic heterocycles. The van der Waals surface area contributed by atoms with Gasteiger partial charge in [0.15, 0.2) is 0 Å². The van der Waals surface area contributed by atoms with Crippen LogP contribution in [0.2, 0.25) is 5.02 Å². The molecule has 0 saturated carbocycles. The number of rotatable bonds is 9. The molecule has 0 bridgehead atoms. The van der Waals surface area contributed by atoms with E-state index in [1.807, 2.05) is 13.0 Å². The summed E-state index contributed by atoms with van der Waals surface area (Å²) in [5.41, 5.74) is 4.90. The fourth-order valence-corrected chi connectivity index (χ4v) is 5.78. The second-order valence-electron chi connectivity index (χ2n) is 10.2. The number of sulfone groups is 1. The molecule has 10 nitrogen and oxygen atoms in total. The Morgan fingerprint density at radius 3 is 2.65 bits per heavy atom. The first-order chi connectivity index (χ1) is 19.1. The van der Waals surface area contributed by atoms with Crippen molar-refractivity contribution in [1.82, 2.24) is 19.9 Å². The second-order valence-corrected chi connectivity index (χ2v) is 12.9. The maximum Gasteiger partial charge on any atom is 0.261 e. The van der Waals surface area contributed by atoms with E-state index in [1.165, 1.54) is 6.26 Å². The number of fused-ring (bicyclic) bond motifs is 1. The molecule has 0 aliphatic carbocycles. The molecule has 3 heterocycles. The quantitative estimate of drug-likeness (QED) is 0.236. The smallest absolute Gasteiger partial charge is 0.261 e. The van der Waals surface area contributed by atoms with E-state index in [-0.39, 0.29) is 17.9 Å². The molecule has 1 fully saturated rings. The van der Waals surface area contributed by atoms with Gasteiger partial charge in [-0.05, 0) is 48.4 Å². The number of aromatic nitrogens is 3. The van der Waals surface area contributed by atoms with Gasteiger partial charge in [-0.25, -0.2) is 13.4 Å². The summed E-state index contributed by atoms with van der Waals surface area (Å²) in [7, 11) is -2.98. The summed E-state index contributed by atoms with van der Waals surface area (Å²) in [6, 6.07) is 12.9. The number of aryl methyl sites for hydroxylation is 1. The highest BCUT2D eigenvalue weighted by Gasteiger charge is 2.21.